The summed E-state index contributed by atoms with van der Waals surface area (Å²) in [5.41, 5.74) is 7.99. The molecule has 2 atom stereocenters. The highest BCUT2D eigenvalue weighted by molar-refractivity contribution is 5.37. The second-order valence-corrected chi connectivity index (χ2v) is 3.99. The first-order valence-corrected chi connectivity index (χ1v) is 5.50. The van der Waals surface area contributed by atoms with Gasteiger partial charge in [0.25, 0.3) is 0 Å². The van der Waals surface area contributed by atoms with Crippen LogP contribution in [0.5, 0.6) is 0 Å². The van der Waals surface area contributed by atoms with E-state index in [4.69, 9.17) is 5.73 Å². The molecule has 80 valence electrons. The Morgan fingerprint density at radius 1 is 1.20 bits per heavy atom. The van der Waals surface area contributed by atoms with E-state index in [2.05, 4.69) is 50.0 Å². The Labute approximate surface area is 92.7 Å². The van der Waals surface area contributed by atoms with E-state index in [1.807, 2.05) is 6.92 Å². The van der Waals surface area contributed by atoms with Crippen LogP contribution in [0.15, 0.2) is 24.3 Å². The largest absolute Gasteiger partial charge is 0.318 e. The van der Waals surface area contributed by atoms with Gasteiger partial charge in [0.05, 0.1) is 6.04 Å². The minimum Gasteiger partial charge on any atom is -0.318 e. The number of hydrogen-bond donors (Lipinski definition) is 1. The molecule has 0 aliphatic heterocycles. The molecule has 0 radical (unpaired) electrons. The third kappa shape index (κ3) is 3.77. The number of nitrogens with two attached hydrogens (primary N) is 1. The molecular formula is C14H19N. The highest BCUT2D eigenvalue weighted by Gasteiger charge is 2.01. The summed E-state index contributed by atoms with van der Waals surface area (Å²) < 4.78 is 0. The van der Waals surface area contributed by atoms with Crippen molar-refractivity contribution >= 4 is 0 Å². The zero-order valence-corrected chi connectivity index (χ0v) is 9.75. The maximum Gasteiger partial charge on any atom is 0.0639 e. The fraction of sp³-hybridized carbons (Fsp3) is 0.429. The summed E-state index contributed by atoms with van der Waals surface area (Å²) in [7, 11) is 0. The van der Waals surface area contributed by atoms with E-state index in [1.165, 1.54) is 12.0 Å². The molecule has 0 bridgehead atoms. The van der Waals surface area contributed by atoms with Crippen LogP contribution >= 0.6 is 0 Å². The van der Waals surface area contributed by atoms with E-state index in [0.29, 0.717) is 5.92 Å². The zero-order valence-electron chi connectivity index (χ0n) is 9.75. The summed E-state index contributed by atoms with van der Waals surface area (Å²) >= 11 is 0. The second kappa shape index (κ2) is 5.58. The van der Waals surface area contributed by atoms with Gasteiger partial charge in [-0.15, -0.1) is 0 Å². The van der Waals surface area contributed by atoms with E-state index in [9.17, 15) is 0 Å². The molecule has 0 aliphatic carbocycles. The zero-order chi connectivity index (χ0) is 11.3. The van der Waals surface area contributed by atoms with Gasteiger partial charge in [0.15, 0.2) is 0 Å². The Morgan fingerprint density at radius 3 is 2.27 bits per heavy atom. The van der Waals surface area contributed by atoms with Crippen LogP contribution in [0.4, 0.5) is 0 Å². The average molecular weight is 201 g/mol. The fourth-order valence-electron chi connectivity index (χ4n) is 1.33. The Balaban J connectivity index is 2.78. The van der Waals surface area contributed by atoms with Crippen molar-refractivity contribution in [2.45, 2.75) is 39.2 Å². The maximum absolute atomic E-state index is 5.57. The molecule has 1 heteroatoms. The smallest absolute Gasteiger partial charge is 0.0639 e. The van der Waals surface area contributed by atoms with Gasteiger partial charge in [0.2, 0.25) is 0 Å². The molecule has 1 aromatic carbocycles. The fourth-order valence-corrected chi connectivity index (χ4v) is 1.33. The predicted octanol–water partition coefficient (Wildman–Crippen LogP) is 2.90. The standard InChI is InChI=1S/C14H19N/c1-4-11(2)14-9-7-13(8-10-14)6-5-12(3)15/h7-12H,4,15H2,1-3H3. The molecule has 0 saturated carbocycles. The van der Waals surface area contributed by atoms with Crippen LogP contribution in [-0.2, 0) is 0 Å². The Kier molecular flexibility index (Phi) is 4.39. The Morgan fingerprint density at radius 2 is 1.80 bits per heavy atom. The molecule has 0 fully saturated rings. The predicted molar refractivity (Wildman–Crippen MR) is 65.7 cm³/mol. The second-order valence-electron chi connectivity index (χ2n) is 3.99. The minimum atomic E-state index is -0.0563. The topological polar surface area (TPSA) is 26.0 Å². The summed E-state index contributed by atoms with van der Waals surface area (Å²) in [5, 5.41) is 0. The van der Waals surface area contributed by atoms with E-state index in [0.717, 1.165) is 5.56 Å². The quantitative estimate of drug-likeness (QED) is 0.731. The Hall–Kier alpha value is -1.26. The molecule has 1 aromatic rings. The monoisotopic (exact) mass is 201 g/mol. The molecule has 1 rings (SSSR count). The molecule has 0 saturated heterocycles. The van der Waals surface area contributed by atoms with Crippen molar-refractivity contribution in [2.24, 2.45) is 5.73 Å². The highest BCUT2D eigenvalue weighted by Crippen LogP contribution is 2.18. The molecule has 0 spiro atoms. The molecule has 2 unspecified atom stereocenters. The molecule has 0 aromatic heterocycles. The van der Waals surface area contributed by atoms with Crippen molar-refractivity contribution in [1.82, 2.24) is 0 Å². The van der Waals surface area contributed by atoms with Crippen molar-refractivity contribution in [3.63, 3.8) is 0 Å². The van der Waals surface area contributed by atoms with E-state index in [1.54, 1.807) is 0 Å². The van der Waals surface area contributed by atoms with Crippen LogP contribution in [0.1, 0.15) is 44.2 Å². The van der Waals surface area contributed by atoms with Crippen LogP contribution in [0.25, 0.3) is 0 Å². The van der Waals surface area contributed by atoms with E-state index in [-0.39, 0.29) is 6.04 Å². The van der Waals surface area contributed by atoms with Gasteiger partial charge < -0.3 is 5.73 Å². The lowest BCUT2D eigenvalue weighted by Crippen LogP contribution is -2.10. The van der Waals surface area contributed by atoms with Crippen molar-refractivity contribution in [2.75, 3.05) is 0 Å². The van der Waals surface area contributed by atoms with Crippen LogP contribution < -0.4 is 5.73 Å². The van der Waals surface area contributed by atoms with Crippen molar-refractivity contribution in [1.29, 1.82) is 0 Å². The summed E-state index contributed by atoms with van der Waals surface area (Å²) in [5.74, 6) is 6.63. The van der Waals surface area contributed by atoms with Crippen molar-refractivity contribution in [3.8, 4) is 11.8 Å². The van der Waals surface area contributed by atoms with E-state index >= 15 is 0 Å². The molecule has 0 amide bonds. The van der Waals surface area contributed by atoms with Gasteiger partial charge in [-0.2, -0.15) is 0 Å². The maximum atomic E-state index is 5.57. The van der Waals surface area contributed by atoms with Crippen LogP contribution in [-0.4, -0.2) is 6.04 Å². The van der Waals surface area contributed by atoms with Gasteiger partial charge in [-0.3, -0.25) is 0 Å². The lowest BCUT2D eigenvalue weighted by atomic mass is 9.98. The normalized spacial score (nSPS) is 13.9. The van der Waals surface area contributed by atoms with Crippen LogP contribution in [0.3, 0.4) is 0 Å². The van der Waals surface area contributed by atoms with Crippen LogP contribution in [0, 0.1) is 11.8 Å². The average Bonchev–Trinajstić information content (AvgIpc) is 2.26. The molecule has 0 heterocycles. The van der Waals surface area contributed by atoms with Gasteiger partial charge in [0, 0.05) is 5.56 Å². The molecular weight excluding hydrogens is 182 g/mol. The molecule has 15 heavy (non-hydrogen) atoms. The van der Waals surface area contributed by atoms with Gasteiger partial charge in [-0.25, -0.2) is 0 Å². The van der Waals surface area contributed by atoms with Gasteiger partial charge >= 0.3 is 0 Å². The Bertz CT molecular complexity index is 351. The lowest BCUT2D eigenvalue weighted by molar-refractivity contribution is 0.733. The summed E-state index contributed by atoms with van der Waals surface area (Å²) in [6.07, 6.45) is 1.17. The lowest BCUT2D eigenvalue weighted by Gasteiger charge is -2.07. The molecule has 2 N–H and O–H groups in total. The first-order valence-electron chi connectivity index (χ1n) is 5.50. The van der Waals surface area contributed by atoms with Crippen molar-refractivity contribution < 1.29 is 0 Å². The van der Waals surface area contributed by atoms with E-state index < -0.39 is 0 Å². The first kappa shape index (κ1) is 11.8. The third-order valence-electron chi connectivity index (χ3n) is 2.54. The number of hydrogen-bond acceptors (Lipinski definition) is 1. The van der Waals surface area contributed by atoms with Crippen molar-refractivity contribution in [3.05, 3.63) is 35.4 Å². The number of rotatable bonds is 2. The third-order valence-corrected chi connectivity index (χ3v) is 2.54. The molecule has 0 aliphatic rings. The first-order chi connectivity index (χ1) is 7.13. The summed E-state index contributed by atoms with van der Waals surface area (Å²) in [6, 6.07) is 8.38. The van der Waals surface area contributed by atoms with Gasteiger partial charge in [-0.1, -0.05) is 37.8 Å². The van der Waals surface area contributed by atoms with Crippen LogP contribution in [0.2, 0.25) is 0 Å². The summed E-state index contributed by atoms with van der Waals surface area (Å²) in [6.45, 7) is 6.33. The van der Waals surface area contributed by atoms with Gasteiger partial charge in [-0.05, 0) is 37.0 Å². The highest BCUT2D eigenvalue weighted by atomic mass is 14.6. The SMILES string of the molecule is CCC(C)c1ccc(C#CC(C)N)cc1. The summed E-state index contributed by atoms with van der Waals surface area (Å²) in [4.78, 5) is 0. The minimum absolute atomic E-state index is 0.0563. The van der Waals surface area contributed by atoms with Gasteiger partial charge in [0.1, 0.15) is 0 Å². The number of benzene rings is 1. The molecule has 1 nitrogen and oxygen atoms in total.